The maximum atomic E-state index is 11.7. The summed E-state index contributed by atoms with van der Waals surface area (Å²) in [4.78, 5) is 0. The van der Waals surface area contributed by atoms with Gasteiger partial charge in [-0.05, 0) is 0 Å². The van der Waals surface area contributed by atoms with E-state index in [0.717, 1.165) is 55.9 Å². The van der Waals surface area contributed by atoms with Gasteiger partial charge in [0, 0.05) is 0 Å². The Morgan fingerprint density at radius 2 is 2.00 bits per heavy atom. The second kappa shape index (κ2) is 7.52. The van der Waals surface area contributed by atoms with Crippen LogP contribution in [0.3, 0.4) is 0 Å². The molecule has 2 N–H and O–H groups in total. The fraction of sp³-hybridized carbons (Fsp3) is 1.00. The van der Waals surface area contributed by atoms with E-state index in [9.17, 15) is 9.67 Å². The third kappa shape index (κ3) is 7.20. The van der Waals surface area contributed by atoms with Gasteiger partial charge >= 0.3 is 128 Å². The Kier molecular flexibility index (Phi) is 8.58. The average Bonchev–Trinajstić information content (AvgIpc) is 2.13. The molecule has 2 unspecified atom stereocenters. The summed E-state index contributed by atoms with van der Waals surface area (Å²) in [5.74, 6) is 0. The fourth-order valence-electron chi connectivity index (χ4n) is 0.976. The van der Waals surface area contributed by atoms with Crippen molar-refractivity contribution in [1.82, 2.24) is 0 Å². The molecule has 15 heavy (non-hydrogen) atoms. The molecule has 0 radical (unpaired) electrons. The summed E-state index contributed by atoms with van der Waals surface area (Å²) in [6.07, 6.45) is 0.777. The molecule has 0 aromatic carbocycles. The maximum absolute atomic E-state index is 11.7. The van der Waals surface area contributed by atoms with Crippen molar-refractivity contribution in [1.29, 1.82) is 0 Å². The Labute approximate surface area is 127 Å². The van der Waals surface area contributed by atoms with E-state index in [1.807, 2.05) is 13.8 Å². The van der Waals surface area contributed by atoms with Gasteiger partial charge in [0.15, 0.2) is 0 Å². The van der Waals surface area contributed by atoms with Crippen LogP contribution < -0.4 is 0 Å². The second-order valence-electron chi connectivity index (χ2n) is 4.88. The van der Waals surface area contributed by atoms with Crippen molar-refractivity contribution in [3.05, 3.63) is 0 Å². The van der Waals surface area contributed by atoms with Gasteiger partial charge in [-0.1, -0.05) is 0 Å². The fourth-order valence-corrected chi connectivity index (χ4v) is 2.67. The van der Waals surface area contributed by atoms with Gasteiger partial charge in [-0.2, -0.15) is 0 Å². The molecular formula is C8H17Na2O4P. The van der Waals surface area contributed by atoms with Crippen molar-refractivity contribution < 1.29 is 19.3 Å². The summed E-state index contributed by atoms with van der Waals surface area (Å²) in [6, 6.07) is 0. The molecule has 4 nitrogen and oxygen atoms in total. The zero-order valence-electron chi connectivity index (χ0n) is 10.0. The molecule has 0 aromatic rings. The van der Waals surface area contributed by atoms with E-state index in [2.05, 4.69) is 0 Å². The van der Waals surface area contributed by atoms with Crippen LogP contribution in [-0.4, -0.2) is 84.5 Å². The van der Waals surface area contributed by atoms with Crippen LogP contribution in [-0.2, 0) is 9.09 Å². The molecule has 2 atom stereocenters. The summed E-state index contributed by atoms with van der Waals surface area (Å²) in [7, 11) is -2.03. The van der Waals surface area contributed by atoms with Gasteiger partial charge in [-0.3, -0.25) is 0 Å². The Morgan fingerprint density at radius 3 is 2.33 bits per heavy atom. The molecule has 0 saturated carbocycles. The Bertz CT molecular complexity index is 219. The SMILES string of the molecule is CCC(O)(CCO)CO[PH](=O)[C](C)([Na])[Na]. The molecule has 80 valence electrons. The molecule has 7 heteroatoms. The van der Waals surface area contributed by atoms with Crippen LogP contribution in [0.15, 0.2) is 0 Å². The number of aliphatic hydroxyl groups excluding tert-OH is 1. The predicted molar refractivity (Wildman–Crippen MR) is 61.8 cm³/mol. The molecule has 0 aromatic heterocycles. The monoisotopic (exact) mass is 254 g/mol. The van der Waals surface area contributed by atoms with Crippen LogP contribution in [0.5, 0.6) is 0 Å². The van der Waals surface area contributed by atoms with Gasteiger partial charge in [0.2, 0.25) is 0 Å². The Balaban J connectivity index is 4.18. The summed E-state index contributed by atoms with van der Waals surface area (Å²) in [5, 5.41) is 18.7. The summed E-state index contributed by atoms with van der Waals surface area (Å²) >= 11 is 1.71. The first-order chi connectivity index (χ1) is 6.75. The number of aliphatic hydroxyl groups is 2. The number of hydrogen-bond acceptors (Lipinski definition) is 4. The van der Waals surface area contributed by atoms with Gasteiger partial charge in [-0.15, -0.1) is 0 Å². The van der Waals surface area contributed by atoms with E-state index in [-0.39, 0.29) is 19.3 Å². The number of rotatable bonds is 7. The quantitative estimate of drug-likeness (QED) is 0.496. The molecule has 0 aliphatic rings. The Hall–Kier alpha value is 2.11. The van der Waals surface area contributed by atoms with Crippen molar-refractivity contribution in [2.24, 2.45) is 0 Å². The molecule has 0 saturated heterocycles. The molecule has 0 rings (SSSR count). The molecule has 0 bridgehead atoms. The molecule has 0 heterocycles. The van der Waals surface area contributed by atoms with Crippen LogP contribution in [0.25, 0.3) is 0 Å². The average molecular weight is 254 g/mol. The number of hydrogen-bond donors (Lipinski definition) is 2. The van der Waals surface area contributed by atoms with Crippen LogP contribution in [0, 0.1) is 0 Å². The van der Waals surface area contributed by atoms with E-state index < -0.39 is 13.6 Å². The van der Waals surface area contributed by atoms with Gasteiger partial charge in [0.1, 0.15) is 0 Å². The Morgan fingerprint density at radius 1 is 1.47 bits per heavy atom. The molecule has 0 aliphatic heterocycles. The summed E-state index contributed by atoms with van der Waals surface area (Å²) in [6.45, 7) is 3.79. The molecule has 0 fully saturated rings. The van der Waals surface area contributed by atoms with E-state index in [1.54, 1.807) is 0 Å². The van der Waals surface area contributed by atoms with Crippen LogP contribution in [0.1, 0.15) is 26.7 Å². The topological polar surface area (TPSA) is 66.8 Å². The van der Waals surface area contributed by atoms with Crippen molar-refractivity contribution >= 4 is 63.9 Å². The van der Waals surface area contributed by atoms with Crippen molar-refractivity contribution in [3.63, 3.8) is 0 Å². The van der Waals surface area contributed by atoms with E-state index in [0.29, 0.717) is 6.42 Å². The van der Waals surface area contributed by atoms with Crippen molar-refractivity contribution in [3.8, 4) is 0 Å². The van der Waals surface area contributed by atoms with Crippen LogP contribution in [0.4, 0.5) is 0 Å². The third-order valence-electron chi connectivity index (χ3n) is 2.32. The van der Waals surface area contributed by atoms with Crippen LogP contribution >= 0.6 is 8.03 Å². The van der Waals surface area contributed by atoms with Crippen molar-refractivity contribution in [2.75, 3.05) is 13.2 Å². The first-order valence-corrected chi connectivity index (χ1v) is 8.57. The minimum absolute atomic E-state index is 0.0714. The third-order valence-corrected chi connectivity index (χ3v) is 6.40. The van der Waals surface area contributed by atoms with Gasteiger partial charge < -0.3 is 0 Å². The predicted octanol–water partition coefficient (Wildman–Crippen LogP) is 0.0119. The molecule has 0 amide bonds. The molecule has 0 spiro atoms. The van der Waals surface area contributed by atoms with Gasteiger partial charge in [0.05, 0.1) is 0 Å². The van der Waals surface area contributed by atoms with E-state index in [4.69, 9.17) is 9.63 Å². The summed E-state index contributed by atoms with van der Waals surface area (Å²) < 4.78 is 16.9. The normalized spacial score (nSPS) is 18.7. The van der Waals surface area contributed by atoms with Gasteiger partial charge in [0.25, 0.3) is 0 Å². The molecular weight excluding hydrogens is 237 g/mol. The zero-order valence-corrected chi connectivity index (χ0v) is 15.0. The first kappa shape index (κ1) is 17.1. The second-order valence-corrected chi connectivity index (χ2v) is 16.2. The standard InChI is InChI=1S/C8H17O4P.2Na/c1-3-8(10,5-6-9)7-12-13(11)4-2;;/h9-10,13H,3,5-7H2,1-2H3;;. The first-order valence-electron chi connectivity index (χ1n) is 5.25. The van der Waals surface area contributed by atoms with Crippen LogP contribution in [0.2, 0.25) is 0 Å². The van der Waals surface area contributed by atoms with E-state index in [1.165, 1.54) is 0 Å². The minimum atomic E-state index is -2.03. The van der Waals surface area contributed by atoms with Gasteiger partial charge in [-0.25, -0.2) is 0 Å². The zero-order chi connectivity index (χ0) is 12.1. The van der Waals surface area contributed by atoms with Crippen molar-refractivity contribution in [2.45, 2.75) is 31.9 Å². The molecule has 0 aliphatic carbocycles. The van der Waals surface area contributed by atoms with E-state index >= 15 is 0 Å². The summed E-state index contributed by atoms with van der Waals surface area (Å²) in [5.41, 5.74) is -1.02.